The Morgan fingerprint density at radius 2 is 2.42 bits per heavy atom. The van der Waals surface area contributed by atoms with Crippen LogP contribution in [0, 0.1) is 6.92 Å². The zero-order chi connectivity index (χ0) is 9.30. The Kier molecular flexibility index (Phi) is 2.01. The molecule has 0 spiro atoms. The van der Waals surface area contributed by atoms with E-state index in [4.69, 9.17) is 16.0 Å². The molecule has 1 atom stereocenters. The van der Waals surface area contributed by atoms with Gasteiger partial charge in [-0.15, -0.1) is 9.94 Å². The molecule has 0 aliphatic carbocycles. The number of carboxylic acids is 1. The van der Waals surface area contributed by atoms with Crippen molar-refractivity contribution in [1.29, 1.82) is 0 Å². The van der Waals surface area contributed by atoms with Gasteiger partial charge in [-0.3, -0.25) is 4.79 Å². The number of nitrogens with zero attached hydrogens (tertiary/aromatic N) is 2. The fourth-order valence-electron chi connectivity index (χ4n) is 0.882. The minimum absolute atomic E-state index is 0.171. The molecule has 0 amide bonds. The second kappa shape index (κ2) is 2.82. The molecule has 1 heterocycles. The third kappa shape index (κ3) is 1.37. The number of aromatic nitrogens is 2. The standard InChI is InChI=1S/C6H9N3O3/c1-3-2-9(12)8-5(3)4(7)6(10)11/h2,4,12H,7H2,1H3,(H,10,11)/t4-/m0/s1. The Morgan fingerprint density at radius 3 is 2.75 bits per heavy atom. The van der Waals surface area contributed by atoms with Gasteiger partial charge in [-0.1, -0.05) is 0 Å². The van der Waals surface area contributed by atoms with Crippen LogP contribution in [0.25, 0.3) is 0 Å². The number of carbonyl (C=O) groups is 1. The molecule has 4 N–H and O–H groups in total. The first-order valence-electron chi connectivity index (χ1n) is 3.26. The highest BCUT2D eigenvalue weighted by Gasteiger charge is 2.19. The van der Waals surface area contributed by atoms with Crippen molar-refractivity contribution in [3.05, 3.63) is 17.5 Å². The second-order valence-electron chi connectivity index (χ2n) is 2.43. The summed E-state index contributed by atoms with van der Waals surface area (Å²) >= 11 is 0. The first-order chi connectivity index (χ1) is 5.52. The van der Waals surface area contributed by atoms with E-state index in [1.807, 2.05) is 0 Å². The van der Waals surface area contributed by atoms with E-state index in [2.05, 4.69) is 5.10 Å². The predicted octanol–water partition coefficient (Wildman–Crippen LogP) is -0.487. The maximum atomic E-state index is 10.4. The molecule has 0 saturated carbocycles. The minimum Gasteiger partial charge on any atom is -0.480 e. The van der Waals surface area contributed by atoms with Gasteiger partial charge in [0.1, 0.15) is 6.04 Å². The maximum absolute atomic E-state index is 10.4. The molecule has 0 aromatic carbocycles. The Hall–Kier alpha value is -1.56. The quantitative estimate of drug-likeness (QED) is 0.521. The third-order valence-corrected chi connectivity index (χ3v) is 1.48. The van der Waals surface area contributed by atoms with Gasteiger partial charge in [-0.05, 0) is 12.5 Å². The highest BCUT2D eigenvalue weighted by Crippen LogP contribution is 2.12. The van der Waals surface area contributed by atoms with E-state index in [0.29, 0.717) is 10.4 Å². The van der Waals surface area contributed by atoms with Gasteiger partial charge in [0.2, 0.25) is 0 Å². The van der Waals surface area contributed by atoms with Gasteiger partial charge in [0.25, 0.3) is 0 Å². The summed E-state index contributed by atoms with van der Waals surface area (Å²) in [5.74, 6) is -1.17. The van der Waals surface area contributed by atoms with Crippen LogP contribution < -0.4 is 5.73 Å². The monoisotopic (exact) mass is 171 g/mol. The van der Waals surface area contributed by atoms with Gasteiger partial charge in [-0.25, -0.2) is 0 Å². The van der Waals surface area contributed by atoms with E-state index in [9.17, 15) is 4.79 Å². The number of aliphatic carboxylic acids is 1. The van der Waals surface area contributed by atoms with Crippen molar-refractivity contribution in [2.24, 2.45) is 5.73 Å². The smallest absolute Gasteiger partial charge is 0.326 e. The Bertz CT molecular complexity index is 307. The van der Waals surface area contributed by atoms with Crippen molar-refractivity contribution >= 4 is 5.97 Å². The van der Waals surface area contributed by atoms with Crippen LogP contribution in [0.5, 0.6) is 0 Å². The van der Waals surface area contributed by atoms with E-state index in [0.717, 1.165) is 0 Å². The van der Waals surface area contributed by atoms with Crippen molar-refractivity contribution in [3.63, 3.8) is 0 Å². The topological polar surface area (TPSA) is 101 Å². The van der Waals surface area contributed by atoms with Crippen LogP contribution in [-0.4, -0.2) is 26.2 Å². The molecular weight excluding hydrogens is 162 g/mol. The molecule has 12 heavy (non-hydrogen) atoms. The highest BCUT2D eigenvalue weighted by molar-refractivity contribution is 5.74. The summed E-state index contributed by atoms with van der Waals surface area (Å²) in [6.45, 7) is 1.62. The number of hydrogen-bond acceptors (Lipinski definition) is 4. The molecule has 1 aromatic rings. The zero-order valence-electron chi connectivity index (χ0n) is 6.43. The minimum atomic E-state index is -1.18. The van der Waals surface area contributed by atoms with Gasteiger partial charge >= 0.3 is 5.97 Å². The van der Waals surface area contributed by atoms with Crippen LogP contribution in [0.4, 0.5) is 0 Å². The predicted molar refractivity (Wildman–Crippen MR) is 38.7 cm³/mol. The van der Waals surface area contributed by atoms with Gasteiger partial charge in [-0.2, -0.15) is 0 Å². The van der Waals surface area contributed by atoms with Crippen LogP contribution in [0.1, 0.15) is 17.3 Å². The number of nitrogens with two attached hydrogens (primary N) is 1. The number of rotatable bonds is 2. The van der Waals surface area contributed by atoms with Crippen molar-refractivity contribution < 1.29 is 15.1 Å². The molecule has 1 rings (SSSR count). The van der Waals surface area contributed by atoms with Crippen LogP contribution in [0.2, 0.25) is 0 Å². The summed E-state index contributed by atoms with van der Waals surface area (Å²) in [6.07, 6.45) is 1.29. The average molecular weight is 171 g/mol. The summed E-state index contributed by atoms with van der Waals surface area (Å²) in [5.41, 5.74) is 5.99. The van der Waals surface area contributed by atoms with E-state index in [1.54, 1.807) is 6.92 Å². The summed E-state index contributed by atoms with van der Waals surface area (Å²) in [6, 6.07) is -1.18. The Balaban J connectivity index is 3.02. The van der Waals surface area contributed by atoms with Crippen LogP contribution in [-0.2, 0) is 4.79 Å². The molecule has 0 unspecified atom stereocenters. The van der Waals surface area contributed by atoms with Crippen LogP contribution >= 0.6 is 0 Å². The molecular formula is C6H9N3O3. The summed E-state index contributed by atoms with van der Waals surface area (Å²) in [5, 5.41) is 20.8. The van der Waals surface area contributed by atoms with Gasteiger partial charge in [0.05, 0.1) is 11.9 Å². The largest absolute Gasteiger partial charge is 0.480 e. The summed E-state index contributed by atoms with van der Waals surface area (Å²) in [4.78, 5) is 11.0. The molecule has 66 valence electrons. The van der Waals surface area contributed by atoms with Crippen molar-refractivity contribution in [2.45, 2.75) is 13.0 Å². The third-order valence-electron chi connectivity index (χ3n) is 1.48. The van der Waals surface area contributed by atoms with E-state index < -0.39 is 12.0 Å². The number of aryl methyl sites for hydroxylation is 1. The normalized spacial score (nSPS) is 12.8. The van der Waals surface area contributed by atoms with E-state index in [1.165, 1.54) is 6.20 Å². The fourth-order valence-corrected chi connectivity index (χ4v) is 0.882. The van der Waals surface area contributed by atoms with Gasteiger partial charge < -0.3 is 16.0 Å². The Labute approximate surface area is 68.2 Å². The first kappa shape index (κ1) is 8.54. The van der Waals surface area contributed by atoms with Crippen molar-refractivity contribution in [2.75, 3.05) is 0 Å². The maximum Gasteiger partial charge on any atom is 0.326 e. The molecule has 1 aromatic heterocycles. The van der Waals surface area contributed by atoms with Crippen LogP contribution in [0.3, 0.4) is 0 Å². The number of hydrogen-bond donors (Lipinski definition) is 3. The van der Waals surface area contributed by atoms with E-state index in [-0.39, 0.29) is 5.69 Å². The lowest BCUT2D eigenvalue weighted by molar-refractivity contribution is -0.138. The molecule has 0 fully saturated rings. The number of carboxylic acid groups (broad SMARTS) is 1. The van der Waals surface area contributed by atoms with Gasteiger partial charge in [0.15, 0.2) is 0 Å². The molecule has 6 heteroatoms. The first-order valence-corrected chi connectivity index (χ1v) is 3.26. The summed E-state index contributed by atoms with van der Waals surface area (Å²) in [7, 11) is 0. The fraction of sp³-hybridized carbons (Fsp3) is 0.333. The molecule has 0 aliphatic rings. The highest BCUT2D eigenvalue weighted by atomic mass is 16.5. The van der Waals surface area contributed by atoms with Crippen LogP contribution in [0.15, 0.2) is 6.20 Å². The van der Waals surface area contributed by atoms with Gasteiger partial charge in [0, 0.05) is 0 Å². The SMILES string of the molecule is Cc1cn(O)nc1[C@H](N)C(=O)O. The van der Waals surface area contributed by atoms with E-state index >= 15 is 0 Å². The Morgan fingerprint density at radius 1 is 1.83 bits per heavy atom. The van der Waals surface area contributed by atoms with Crippen molar-refractivity contribution in [3.8, 4) is 0 Å². The molecule has 0 saturated heterocycles. The molecule has 0 aliphatic heterocycles. The lowest BCUT2D eigenvalue weighted by atomic mass is 10.1. The molecule has 0 radical (unpaired) electrons. The van der Waals surface area contributed by atoms with Crippen molar-refractivity contribution in [1.82, 2.24) is 9.94 Å². The zero-order valence-corrected chi connectivity index (χ0v) is 6.43. The second-order valence-corrected chi connectivity index (χ2v) is 2.43. The molecule has 0 bridgehead atoms. The average Bonchev–Trinajstić information content (AvgIpc) is 2.28. The molecule has 6 nitrogen and oxygen atoms in total. The lowest BCUT2D eigenvalue weighted by Gasteiger charge is -2.01. The lowest BCUT2D eigenvalue weighted by Crippen LogP contribution is -2.22. The summed E-state index contributed by atoms with van der Waals surface area (Å²) < 4.78 is 0.